The number of piperidine rings is 1. The van der Waals surface area contributed by atoms with E-state index in [2.05, 4.69) is 11.9 Å². The first-order chi connectivity index (χ1) is 4.77. The Kier molecular flexibility index (Phi) is 5.56. The maximum Gasteiger partial charge on any atom is -0.147 e. The van der Waals surface area contributed by atoms with Crippen molar-refractivity contribution >= 4 is 41.7 Å². The summed E-state index contributed by atoms with van der Waals surface area (Å²) in [6.07, 6.45) is 5.91. The Morgan fingerprint density at radius 2 is 1.50 bits per heavy atom. The van der Waals surface area contributed by atoms with Crippen LogP contribution in [0.15, 0.2) is 0 Å². The summed E-state index contributed by atoms with van der Waals surface area (Å²) in [5.74, 6) is 0. The first-order valence-electron chi connectivity index (χ1n) is 4.25. The molecule has 2 aliphatic heterocycles. The first-order valence-corrected chi connectivity index (χ1v) is 5.65. The summed E-state index contributed by atoms with van der Waals surface area (Å²) in [6, 6.07) is 1.91. The van der Waals surface area contributed by atoms with Gasteiger partial charge in [-0.15, -0.1) is 24.8 Å². The number of hydrogen-bond donors (Lipinski definition) is 0. The summed E-state index contributed by atoms with van der Waals surface area (Å²) in [6.45, 7) is 0. The Hall–Kier alpha value is 1.10. The van der Waals surface area contributed by atoms with E-state index in [-0.39, 0.29) is 24.8 Å². The maximum atomic E-state index is 2.61. The zero-order chi connectivity index (χ0) is 7.14. The Morgan fingerprint density at radius 3 is 1.92 bits per heavy atom. The van der Waals surface area contributed by atoms with Crippen molar-refractivity contribution in [2.45, 2.75) is 42.5 Å². The average molecular weight is 274 g/mol. The fraction of sp³-hybridized carbons (Fsp3) is 1.00. The molecule has 2 fully saturated rings. The van der Waals surface area contributed by atoms with Gasteiger partial charge in [-0.1, -0.05) is 0 Å². The molecular formula is C8H18AsCl2N. The summed E-state index contributed by atoms with van der Waals surface area (Å²) >= 11 is 1.96. The van der Waals surface area contributed by atoms with E-state index in [1.54, 1.807) is 0 Å². The Labute approximate surface area is 96.0 Å². The molecule has 3 unspecified atom stereocenters. The molecule has 2 saturated heterocycles. The van der Waals surface area contributed by atoms with Crippen LogP contribution in [-0.4, -0.2) is 40.9 Å². The minimum Gasteiger partial charge on any atom is -0.147 e. The molecule has 0 aromatic rings. The van der Waals surface area contributed by atoms with Crippen LogP contribution in [0.5, 0.6) is 0 Å². The van der Waals surface area contributed by atoms with Gasteiger partial charge in [-0.05, 0) is 0 Å². The first kappa shape index (κ1) is 13.1. The molecule has 2 heterocycles. The van der Waals surface area contributed by atoms with Crippen molar-refractivity contribution in [1.29, 1.82) is 0 Å². The average Bonchev–Trinajstić information content (AvgIpc) is 2.20. The van der Waals surface area contributed by atoms with Gasteiger partial charge in [-0.2, -0.15) is 0 Å². The number of fused-ring (bicyclic) bond motifs is 2. The molecule has 0 aromatic heterocycles. The van der Waals surface area contributed by atoms with Crippen molar-refractivity contribution < 1.29 is 0 Å². The molecule has 0 aromatic carbocycles. The van der Waals surface area contributed by atoms with Gasteiger partial charge in [0, 0.05) is 0 Å². The summed E-state index contributed by atoms with van der Waals surface area (Å²) in [4.78, 5) is 2.61. The Morgan fingerprint density at radius 1 is 1.08 bits per heavy atom. The predicted molar refractivity (Wildman–Crippen MR) is 60.6 cm³/mol. The smallest absolute Gasteiger partial charge is 0.147 e. The standard InChI is InChI=1S/C8H16AsN.2ClH/c1-10-7-2-3-8(10)5-6(9)4-7;;/h6-8H,2-5,9H2,1H3;2*1H. The minimum absolute atomic E-state index is 0. The van der Waals surface area contributed by atoms with Gasteiger partial charge in [-0.3, -0.25) is 0 Å². The zero-order valence-corrected chi connectivity index (χ0v) is 11.5. The van der Waals surface area contributed by atoms with Gasteiger partial charge >= 0.3 is 71.3 Å². The molecule has 12 heavy (non-hydrogen) atoms. The van der Waals surface area contributed by atoms with E-state index in [1.165, 1.54) is 25.7 Å². The van der Waals surface area contributed by atoms with Gasteiger partial charge in [0.15, 0.2) is 0 Å². The molecule has 1 nitrogen and oxygen atoms in total. The van der Waals surface area contributed by atoms with Gasteiger partial charge < -0.3 is 0 Å². The summed E-state index contributed by atoms with van der Waals surface area (Å²) < 4.78 is 1.06. The van der Waals surface area contributed by atoms with Crippen molar-refractivity contribution in [2.75, 3.05) is 7.05 Å². The van der Waals surface area contributed by atoms with Crippen LogP contribution >= 0.6 is 24.8 Å². The Bertz CT molecular complexity index is 131. The molecule has 0 radical (unpaired) electrons. The molecule has 74 valence electrons. The zero-order valence-electron chi connectivity index (χ0n) is 7.40. The number of nitrogens with zero attached hydrogens (tertiary/aromatic N) is 1. The van der Waals surface area contributed by atoms with Crippen molar-refractivity contribution in [2.24, 2.45) is 0 Å². The van der Waals surface area contributed by atoms with Gasteiger partial charge in [0.1, 0.15) is 0 Å². The predicted octanol–water partition coefficient (Wildman–Crippen LogP) is 1.51. The van der Waals surface area contributed by atoms with Gasteiger partial charge in [0.05, 0.1) is 0 Å². The molecule has 0 saturated carbocycles. The molecule has 0 spiro atoms. The van der Waals surface area contributed by atoms with Crippen molar-refractivity contribution in [3.8, 4) is 0 Å². The second-order valence-electron chi connectivity index (χ2n) is 3.78. The summed E-state index contributed by atoms with van der Waals surface area (Å²) in [5, 5.41) is 0. The third-order valence-electron chi connectivity index (χ3n) is 3.13. The second kappa shape index (κ2) is 5.10. The summed E-state index contributed by atoms with van der Waals surface area (Å²) in [5.41, 5.74) is 0. The van der Waals surface area contributed by atoms with Crippen LogP contribution in [0.2, 0.25) is 4.71 Å². The van der Waals surface area contributed by atoms with Crippen molar-refractivity contribution in [1.82, 2.24) is 4.90 Å². The van der Waals surface area contributed by atoms with Gasteiger partial charge in [-0.25, -0.2) is 0 Å². The number of halogens is 2. The molecule has 2 rings (SSSR count). The van der Waals surface area contributed by atoms with Crippen LogP contribution in [0.1, 0.15) is 25.7 Å². The van der Waals surface area contributed by atoms with E-state index in [0.29, 0.717) is 0 Å². The van der Waals surface area contributed by atoms with Crippen LogP contribution in [0.4, 0.5) is 0 Å². The molecule has 0 N–H and O–H groups in total. The van der Waals surface area contributed by atoms with Crippen LogP contribution in [0.25, 0.3) is 0 Å². The molecule has 3 atom stereocenters. The fourth-order valence-corrected chi connectivity index (χ4v) is 3.77. The fourth-order valence-electron chi connectivity index (χ4n) is 2.45. The van der Waals surface area contributed by atoms with E-state index in [0.717, 1.165) is 16.8 Å². The normalized spacial score (nSPS) is 40.0. The molecule has 2 aliphatic rings. The van der Waals surface area contributed by atoms with Crippen LogP contribution in [0.3, 0.4) is 0 Å². The minimum atomic E-state index is 0. The van der Waals surface area contributed by atoms with E-state index in [4.69, 9.17) is 0 Å². The molecule has 4 heteroatoms. The third-order valence-corrected chi connectivity index (χ3v) is 4.28. The molecular weight excluding hydrogens is 256 g/mol. The SMILES string of the molecule is CN1C2CCC1CC([AsH2])C2.Cl.Cl. The third kappa shape index (κ3) is 2.32. The van der Waals surface area contributed by atoms with Crippen molar-refractivity contribution in [3.05, 3.63) is 0 Å². The molecule has 2 bridgehead atoms. The van der Waals surface area contributed by atoms with E-state index in [1.807, 2.05) is 16.9 Å². The number of rotatable bonds is 0. The van der Waals surface area contributed by atoms with Crippen LogP contribution in [-0.2, 0) is 0 Å². The summed E-state index contributed by atoms with van der Waals surface area (Å²) in [7, 11) is 2.31. The molecule has 0 amide bonds. The van der Waals surface area contributed by atoms with E-state index in [9.17, 15) is 0 Å². The quantitative estimate of drug-likeness (QED) is 0.605. The van der Waals surface area contributed by atoms with E-state index >= 15 is 0 Å². The van der Waals surface area contributed by atoms with Gasteiger partial charge in [0.25, 0.3) is 0 Å². The second-order valence-corrected chi connectivity index (χ2v) is 5.76. The van der Waals surface area contributed by atoms with Crippen molar-refractivity contribution in [3.63, 3.8) is 0 Å². The van der Waals surface area contributed by atoms with Gasteiger partial charge in [0.2, 0.25) is 0 Å². The van der Waals surface area contributed by atoms with Crippen LogP contribution in [0, 0.1) is 0 Å². The number of hydrogen-bond acceptors (Lipinski definition) is 1. The maximum absolute atomic E-state index is 2.61. The monoisotopic (exact) mass is 273 g/mol. The molecule has 0 aliphatic carbocycles. The topological polar surface area (TPSA) is 3.24 Å². The Balaban J connectivity index is 0.000000605. The van der Waals surface area contributed by atoms with E-state index < -0.39 is 0 Å². The largest absolute Gasteiger partial charge is 0.147 e. The van der Waals surface area contributed by atoms with Crippen LogP contribution < -0.4 is 0 Å².